The summed E-state index contributed by atoms with van der Waals surface area (Å²) in [4.78, 5) is 0. The standard InChI is InChI=1S/C24H39F3O2/c1-14(15(2)28)18-7-8-19-17-6-5-16-13-23(29,24(25,26)27)12-11-21(16,3)20(17)9-10-22(18,19)4/h14-20,28-29H,5-13H2,1-4H3/t14?,15-,16-,17+,18-,19+,20+,21+,22-,23-/m1/s1. The first-order chi connectivity index (χ1) is 13.3. The van der Waals surface area contributed by atoms with E-state index in [0.717, 1.165) is 25.7 Å². The van der Waals surface area contributed by atoms with Gasteiger partial charge < -0.3 is 10.2 Å². The topological polar surface area (TPSA) is 40.5 Å². The highest BCUT2D eigenvalue weighted by molar-refractivity contribution is 5.11. The van der Waals surface area contributed by atoms with E-state index in [9.17, 15) is 23.4 Å². The van der Waals surface area contributed by atoms with Crippen LogP contribution < -0.4 is 0 Å². The highest BCUT2D eigenvalue weighted by Crippen LogP contribution is 2.69. The third-order valence-electron chi connectivity index (χ3n) is 10.7. The molecule has 10 atom stereocenters. The van der Waals surface area contributed by atoms with Crippen LogP contribution >= 0.6 is 0 Å². The van der Waals surface area contributed by atoms with Gasteiger partial charge in [0.15, 0.2) is 5.60 Å². The van der Waals surface area contributed by atoms with Gasteiger partial charge in [0.25, 0.3) is 0 Å². The number of aliphatic hydroxyl groups excluding tert-OH is 1. The summed E-state index contributed by atoms with van der Waals surface area (Å²) >= 11 is 0. The Kier molecular flexibility index (Phi) is 5.18. The van der Waals surface area contributed by atoms with Crippen LogP contribution in [0.4, 0.5) is 13.2 Å². The quantitative estimate of drug-likeness (QED) is 0.583. The molecule has 0 aromatic heterocycles. The molecule has 2 N–H and O–H groups in total. The first kappa shape index (κ1) is 21.9. The lowest BCUT2D eigenvalue weighted by Gasteiger charge is -2.62. The number of alkyl halides is 3. The lowest BCUT2D eigenvalue weighted by Crippen LogP contribution is -2.59. The van der Waals surface area contributed by atoms with Crippen LogP contribution in [0.15, 0.2) is 0 Å². The molecule has 0 amide bonds. The molecule has 4 aliphatic rings. The molecule has 4 fully saturated rings. The van der Waals surface area contributed by atoms with E-state index in [0.29, 0.717) is 36.0 Å². The van der Waals surface area contributed by atoms with Crippen molar-refractivity contribution in [2.75, 3.05) is 0 Å². The number of hydrogen-bond acceptors (Lipinski definition) is 2. The zero-order chi connectivity index (χ0) is 21.4. The minimum absolute atomic E-state index is 0.0259. The molecule has 1 unspecified atom stereocenters. The van der Waals surface area contributed by atoms with E-state index in [1.165, 1.54) is 12.8 Å². The summed E-state index contributed by atoms with van der Waals surface area (Å²) in [6, 6.07) is 0. The Labute approximate surface area is 173 Å². The Morgan fingerprint density at radius 1 is 0.862 bits per heavy atom. The van der Waals surface area contributed by atoms with E-state index >= 15 is 0 Å². The molecule has 0 spiro atoms. The molecule has 2 nitrogen and oxygen atoms in total. The van der Waals surface area contributed by atoms with Gasteiger partial charge in [-0.05, 0) is 111 Å². The summed E-state index contributed by atoms with van der Waals surface area (Å²) in [5.41, 5.74) is -2.31. The van der Waals surface area contributed by atoms with E-state index in [1.54, 1.807) is 0 Å². The molecule has 0 aliphatic heterocycles. The monoisotopic (exact) mass is 416 g/mol. The molecular formula is C24H39F3O2. The predicted molar refractivity (Wildman–Crippen MR) is 107 cm³/mol. The van der Waals surface area contributed by atoms with Gasteiger partial charge in [0.05, 0.1) is 6.10 Å². The van der Waals surface area contributed by atoms with Gasteiger partial charge in [-0.1, -0.05) is 20.8 Å². The van der Waals surface area contributed by atoms with Gasteiger partial charge in [0.1, 0.15) is 0 Å². The van der Waals surface area contributed by atoms with Crippen molar-refractivity contribution in [3.63, 3.8) is 0 Å². The van der Waals surface area contributed by atoms with Crippen LogP contribution in [-0.2, 0) is 0 Å². The van der Waals surface area contributed by atoms with Crippen molar-refractivity contribution >= 4 is 0 Å². The van der Waals surface area contributed by atoms with E-state index in [4.69, 9.17) is 0 Å². The fourth-order valence-corrected chi connectivity index (χ4v) is 8.74. The third kappa shape index (κ3) is 3.11. The summed E-state index contributed by atoms with van der Waals surface area (Å²) in [6.45, 7) is 8.76. The van der Waals surface area contributed by atoms with Crippen LogP contribution in [0.3, 0.4) is 0 Å². The molecule has 4 rings (SSSR count). The van der Waals surface area contributed by atoms with Gasteiger partial charge in [-0.2, -0.15) is 13.2 Å². The van der Waals surface area contributed by atoms with Crippen molar-refractivity contribution in [1.82, 2.24) is 0 Å². The van der Waals surface area contributed by atoms with Gasteiger partial charge in [-0.3, -0.25) is 0 Å². The van der Waals surface area contributed by atoms with Crippen LogP contribution in [0.2, 0.25) is 0 Å². The molecule has 5 heteroatoms. The molecule has 0 aromatic rings. The minimum atomic E-state index is -4.52. The predicted octanol–water partition coefficient (Wildman–Crippen LogP) is 5.96. The third-order valence-corrected chi connectivity index (χ3v) is 10.7. The van der Waals surface area contributed by atoms with Crippen LogP contribution in [-0.4, -0.2) is 28.1 Å². The molecule has 0 saturated heterocycles. The second-order valence-electron chi connectivity index (χ2n) is 11.7. The largest absolute Gasteiger partial charge is 0.417 e. The highest BCUT2D eigenvalue weighted by atomic mass is 19.4. The maximum atomic E-state index is 13.5. The fraction of sp³-hybridized carbons (Fsp3) is 1.00. The van der Waals surface area contributed by atoms with Crippen LogP contribution in [0.1, 0.15) is 85.5 Å². The van der Waals surface area contributed by atoms with Crippen molar-refractivity contribution in [2.24, 2.45) is 46.3 Å². The maximum Gasteiger partial charge on any atom is 0.417 e. The summed E-state index contributed by atoms with van der Waals surface area (Å²) in [6.07, 6.45) is 1.85. The number of aliphatic hydroxyl groups is 2. The first-order valence-corrected chi connectivity index (χ1v) is 11.8. The SMILES string of the molecule is CC([C@H]1CC[C@H]2[C@@H]3CC[C@@H]4C[C@@](O)(C(F)(F)F)CC[C@]4(C)[C@H]3CC[C@]12C)[C@@H](C)O. The summed E-state index contributed by atoms with van der Waals surface area (Å²) in [5, 5.41) is 20.6. The van der Waals surface area contributed by atoms with Crippen molar-refractivity contribution in [2.45, 2.75) is 103 Å². The zero-order valence-corrected chi connectivity index (χ0v) is 18.4. The Bertz CT molecular complexity index is 634. The summed E-state index contributed by atoms with van der Waals surface area (Å²) in [7, 11) is 0. The second-order valence-corrected chi connectivity index (χ2v) is 11.7. The lowest BCUT2D eigenvalue weighted by atomic mass is 9.43. The van der Waals surface area contributed by atoms with Gasteiger partial charge in [-0.25, -0.2) is 0 Å². The van der Waals surface area contributed by atoms with E-state index in [1.807, 2.05) is 6.92 Å². The average molecular weight is 417 g/mol. The number of hydrogen-bond donors (Lipinski definition) is 2. The summed E-state index contributed by atoms with van der Waals surface area (Å²) < 4.78 is 40.4. The number of fused-ring (bicyclic) bond motifs is 5. The highest BCUT2D eigenvalue weighted by Gasteiger charge is 2.65. The van der Waals surface area contributed by atoms with Crippen molar-refractivity contribution < 1.29 is 23.4 Å². The van der Waals surface area contributed by atoms with Crippen molar-refractivity contribution in [3.05, 3.63) is 0 Å². The molecule has 0 radical (unpaired) electrons. The molecule has 4 aliphatic carbocycles. The van der Waals surface area contributed by atoms with Crippen LogP contribution in [0, 0.1) is 46.3 Å². The van der Waals surface area contributed by atoms with Gasteiger partial charge in [0.2, 0.25) is 0 Å². The van der Waals surface area contributed by atoms with Gasteiger partial charge in [-0.15, -0.1) is 0 Å². The van der Waals surface area contributed by atoms with Crippen LogP contribution in [0.5, 0.6) is 0 Å². The molecule has 0 aromatic carbocycles. The molecule has 29 heavy (non-hydrogen) atoms. The van der Waals surface area contributed by atoms with E-state index in [2.05, 4.69) is 20.8 Å². The molecular weight excluding hydrogens is 377 g/mol. The molecule has 168 valence electrons. The Balaban J connectivity index is 1.56. The average Bonchev–Trinajstić information content (AvgIpc) is 2.98. The second kappa shape index (κ2) is 6.85. The smallest absolute Gasteiger partial charge is 0.393 e. The molecule has 4 saturated carbocycles. The number of halogens is 3. The van der Waals surface area contributed by atoms with E-state index in [-0.39, 0.29) is 35.7 Å². The lowest BCUT2D eigenvalue weighted by molar-refractivity contribution is -0.290. The summed E-state index contributed by atoms with van der Waals surface area (Å²) in [5.74, 6) is 2.53. The fourth-order valence-electron chi connectivity index (χ4n) is 8.74. The van der Waals surface area contributed by atoms with Crippen molar-refractivity contribution in [3.8, 4) is 0 Å². The first-order valence-electron chi connectivity index (χ1n) is 11.8. The van der Waals surface area contributed by atoms with E-state index < -0.39 is 11.8 Å². The number of rotatable bonds is 2. The van der Waals surface area contributed by atoms with Crippen LogP contribution in [0.25, 0.3) is 0 Å². The Hall–Kier alpha value is -0.290. The zero-order valence-electron chi connectivity index (χ0n) is 18.4. The minimum Gasteiger partial charge on any atom is -0.393 e. The Morgan fingerprint density at radius 3 is 2.14 bits per heavy atom. The Morgan fingerprint density at radius 2 is 1.52 bits per heavy atom. The van der Waals surface area contributed by atoms with Crippen molar-refractivity contribution in [1.29, 1.82) is 0 Å². The maximum absolute atomic E-state index is 13.5. The van der Waals surface area contributed by atoms with Gasteiger partial charge >= 0.3 is 6.18 Å². The molecule has 0 bridgehead atoms. The normalized spacial score (nSPS) is 52.2. The molecule has 0 heterocycles. The van der Waals surface area contributed by atoms with Gasteiger partial charge in [0, 0.05) is 0 Å².